The standard InChI is InChI=1S/C19H22FN9O3/c1-31-19-15(29-4-3-24-28-29)6-10(8-23-19)25-17-11(16(22)30)7-12(20)18(27-17)26-14-2-5-32-9-13(14)21/h3-4,6-8,13-14H,2,5,9,21H2,1H3,(H2,22,30)(H2,25,26,27)/t13-,14+/m0/s1. The van der Waals surface area contributed by atoms with E-state index in [1.165, 1.54) is 24.2 Å². The van der Waals surface area contributed by atoms with Gasteiger partial charge in [0.1, 0.15) is 11.5 Å². The first-order valence-corrected chi connectivity index (χ1v) is 9.74. The minimum Gasteiger partial charge on any atom is -0.479 e. The Bertz CT molecular complexity index is 1110. The molecule has 1 amide bonds. The first-order valence-electron chi connectivity index (χ1n) is 9.74. The maximum atomic E-state index is 14.7. The van der Waals surface area contributed by atoms with Gasteiger partial charge in [0, 0.05) is 18.7 Å². The van der Waals surface area contributed by atoms with E-state index < -0.39 is 11.7 Å². The molecule has 0 spiro atoms. The Balaban J connectivity index is 1.68. The van der Waals surface area contributed by atoms with Crippen LogP contribution in [0, 0.1) is 5.82 Å². The summed E-state index contributed by atoms with van der Waals surface area (Å²) >= 11 is 0. The molecule has 2 atom stereocenters. The number of amides is 1. The van der Waals surface area contributed by atoms with Gasteiger partial charge in [0.05, 0.1) is 43.6 Å². The van der Waals surface area contributed by atoms with E-state index in [4.69, 9.17) is 20.9 Å². The van der Waals surface area contributed by atoms with E-state index in [2.05, 4.69) is 30.9 Å². The number of ether oxygens (including phenoxy) is 2. The van der Waals surface area contributed by atoms with E-state index in [0.29, 0.717) is 36.9 Å². The number of rotatable bonds is 7. The van der Waals surface area contributed by atoms with Crippen LogP contribution in [0.4, 0.5) is 21.7 Å². The zero-order valence-corrected chi connectivity index (χ0v) is 17.2. The third kappa shape index (κ3) is 4.43. The average Bonchev–Trinajstić information content (AvgIpc) is 3.32. The Morgan fingerprint density at radius 1 is 1.38 bits per heavy atom. The van der Waals surface area contributed by atoms with E-state index in [9.17, 15) is 9.18 Å². The van der Waals surface area contributed by atoms with Crippen molar-refractivity contribution in [3.8, 4) is 11.6 Å². The van der Waals surface area contributed by atoms with Crippen molar-refractivity contribution in [2.24, 2.45) is 11.5 Å². The molecule has 168 valence electrons. The number of carbonyl (C=O) groups excluding carboxylic acids is 1. The van der Waals surface area contributed by atoms with E-state index in [-0.39, 0.29) is 29.3 Å². The van der Waals surface area contributed by atoms with Gasteiger partial charge in [-0.1, -0.05) is 5.21 Å². The van der Waals surface area contributed by atoms with Crippen molar-refractivity contribution in [2.45, 2.75) is 18.5 Å². The summed E-state index contributed by atoms with van der Waals surface area (Å²) in [5.74, 6) is -1.26. The van der Waals surface area contributed by atoms with E-state index in [0.717, 1.165) is 6.07 Å². The third-order valence-electron chi connectivity index (χ3n) is 4.92. The second-order valence-electron chi connectivity index (χ2n) is 7.08. The summed E-state index contributed by atoms with van der Waals surface area (Å²) < 4.78 is 26.7. The number of hydrogen-bond acceptors (Lipinski definition) is 10. The lowest BCUT2D eigenvalue weighted by Gasteiger charge is -2.30. The molecule has 32 heavy (non-hydrogen) atoms. The topological polar surface area (TPSA) is 168 Å². The molecule has 1 aliphatic heterocycles. The monoisotopic (exact) mass is 443 g/mol. The molecule has 13 heteroatoms. The summed E-state index contributed by atoms with van der Waals surface area (Å²) in [7, 11) is 1.47. The van der Waals surface area contributed by atoms with Crippen molar-refractivity contribution in [1.29, 1.82) is 0 Å². The van der Waals surface area contributed by atoms with E-state index >= 15 is 0 Å². The van der Waals surface area contributed by atoms with Gasteiger partial charge in [0.15, 0.2) is 11.6 Å². The quantitative estimate of drug-likeness (QED) is 0.405. The molecule has 3 aromatic rings. The molecule has 1 saturated heterocycles. The van der Waals surface area contributed by atoms with Crippen LogP contribution in [0.1, 0.15) is 16.8 Å². The molecule has 0 unspecified atom stereocenters. The normalized spacial score (nSPS) is 18.2. The van der Waals surface area contributed by atoms with Crippen LogP contribution in [-0.2, 0) is 4.74 Å². The van der Waals surface area contributed by atoms with Gasteiger partial charge in [-0.3, -0.25) is 4.79 Å². The number of hydrogen-bond donors (Lipinski definition) is 4. The number of nitrogens with two attached hydrogens (primary N) is 2. The van der Waals surface area contributed by atoms with Crippen LogP contribution in [-0.4, -0.2) is 63.3 Å². The Morgan fingerprint density at radius 3 is 2.91 bits per heavy atom. The Kier molecular flexibility index (Phi) is 6.09. The summed E-state index contributed by atoms with van der Waals surface area (Å²) in [5, 5.41) is 13.7. The van der Waals surface area contributed by atoms with Crippen molar-refractivity contribution in [2.75, 3.05) is 31.0 Å². The molecule has 6 N–H and O–H groups in total. The molecule has 12 nitrogen and oxygen atoms in total. The lowest BCUT2D eigenvalue weighted by molar-refractivity contribution is 0.0751. The van der Waals surface area contributed by atoms with Crippen LogP contribution in [0.2, 0.25) is 0 Å². The third-order valence-corrected chi connectivity index (χ3v) is 4.92. The summed E-state index contributed by atoms with van der Waals surface area (Å²) in [5.41, 5.74) is 12.3. The summed E-state index contributed by atoms with van der Waals surface area (Å²) in [6.07, 6.45) is 5.18. The highest BCUT2D eigenvalue weighted by Gasteiger charge is 2.25. The van der Waals surface area contributed by atoms with Crippen molar-refractivity contribution in [3.63, 3.8) is 0 Å². The van der Waals surface area contributed by atoms with Gasteiger partial charge >= 0.3 is 0 Å². The number of anilines is 3. The number of carbonyl (C=O) groups is 1. The number of nitrogens with one attached hydrogen (secondary N) is 2. The fourth-order valence-electron chi connectivity index (χ4n) is 3.29. The minimum absolute atomic E-state index is 0.0542. The van der Waals surface area contributed by atoms with Gasteiger partial charge in [-0.05, 0) is 18.6 Å². The van der Waals surface area contributed by atoms with E-state index in [1.54, 1.807) is 12.3 Å². The molecule has 1 fully saturated rings. The molecule has 4 rings (SSSR count). The van der Waals surface area contributed by atoms with Gasteiger partial charge in [-0.25, -0.2) is 19.0 Å². The number of halogens is 1. The van der Waals surface area contributed by atoms with Crippen LogP contribution >= 0.6 is 0 Å². The highest BCUT2D eigenvalue weighted by Crippen LogP contribution is 2.28. The Labute approximate surface area is 182 Å². The summed E-state index contributed by atoms with van der Waals surface area (Å²) in [6, 6.07) is 2.13. The number of aromatic nitrogens is 5. The molecule has 0 radical (unpaired) electrons. The van der Waals surface area contributed by atoms with Crippen LogP contribution < -0.4 is 26.8 Å². The zero-order valence-electron chi connectivity index (χ0n) is 17.2. The van der Waals surface area contributed by atoms with E-state index in [1.807, 2.05) is 0 Å². The molecule has 0 bridgehead atoms. The summed E-state index contributed by atoms with van der Waals surface area (Å²) in [4.78, 5) is 20.4. The molecule has 3 aromatic heterocycles. The first-order chi connectivity index (χ1) is 15.5. The maximum Gasteiger partial charge on any atom is 0.252 e. The smallest absolute Gasteiger partial charge is 0.252 e. The van der Waals surface area contributed by atoms with Crippen LogP contribution in [0.15, 0.2) is 30.7 Å². The van der Waals surface area contributed by atoms with Crippen molar-refractivity contribution in [1.82, 2.24) is 25.0 Å². The van der Waals surface area contributed by atoms with Gasteiger partial charge < -0.3 is 31.6 Å². The van der Waals surface area contributed by atoms with Crippen LogP contribution in [0.3, 0.4) is 0 Å². The van der Waals surface area contributed by atoms with Gasteiger partial charge in [0.25, 0.3) is 5.91 Å². The lowest BCUT2D eigenvalue weighted by Crippen LogP contribution is -2.47. The number of methoxy groups -OCH3 is 1. The van der Waals surface area contributed by atoms with Gasteiger partial charge in [0.2, 0.25) is 5.88 Å². The molecule has 0 aromatic carbocycles. The molecule has 0 saturated carbocycles. The number of primary amides is 1. The Morgan fingerprint density at radius 2 is 2.22 bits per heavy atom. The number of pyridine rings is 2. The lowest BCUT2D eigenvalue weighted by atomic mass is 10.0. The highest BCUT2D eigenvalue weighted by molar-refractivity contribution is 5.98. The fourth-order valence-corrected chi connectivity index (χ4v) is 3.29. The largest absolute Gasteiger partial charge is 0.479 e. The van der Waals surface area contributed by atoms with Gasteiger partial charge in [-0.15, -0.1) is 5.10 Å². The first kappa shape index (κ1) is 21.4. The predicted octanol–water partition coefficient (Wildman–Crippen LogP) is 0.576. The van der Waals surface area contributed by atoms with Gasteiger partial charge in [-0.2, -0.15) is 0 Å². The van der Waals surface area contributed by atoms with Crippen LogP contribution in [0.25, 0.3) is 5.69 Å². The highest BCUT2D eigenvalue weighted by atomic mass is 19.1. The fraction of sp³-hybridized carbons (Fsp3) is 0.316. The second kappa shape index (κ2) is 9.11. The number of nitrogens with zero attached hydrogens (tertiary/aromatic N) is 5. The molecular weight excluding hydrogens is 421 g/mol. The molecular formula is C19H22FN9O3. The average molecular weight is 443 g/mol. The molecule has 4 heterocycles. The van der Waals surface area contributed by atoms with Crippen molar-refractivity contribution in [3.05, 3.63) is 42.1 Å². The van der Waals surface area contributed by atoms with Crippen molar-refractivity contribution < 1.29 is 18.7 Å². The second-order valence-corrected chi connectivity index (χ2v) is 7.08. The predicted molar refractivity (Wildman–Crippen MR) is 113 cm³/mol. The van der Waals surface area contributed by atoms with Crippen LogP contribution in [0.5, 0.6) is 5.88 Å². The molecule has 0 aliphatic carbocycles. The summed E-state index contributed by atoms with van der Waals surface area (Å²) in [6.45, 7) is 0.854. The van der Waals surface area contributed by atoms with Crippen molar-refractivity contribution >= 4 is 23.2 Å². The maximum absolute atomic E-state index is 14.7. The SMILES string of the molecule is COc1ncc(Nc2nc(N[C@@H]3CCOC[C@@H]3N)c(F)cc2C(N)=O)cc1-n1ccnn1. The Hall–Kier alpha value is -3.84. The zero-order chi connectivity index (χ0) is 22.7. The minimum atomic E-state index is -0.841. The molecule has 1 aliphatic rings.